The molecule has 0 spiro atoms. The van der Waals surface area contributed by atoms with Gasteiger partial charge in [-0.2, -0.15) is 0 Å². The molecular weight excluding hydrogens is 472 g/mol. The molecule has 5 nitrogen and oxygen atoms in total. The van der Waals surface area contributed by atoms with Crippen molar-refractivity contribution in [2.45, 2.75) is 26.7 Å². The molecule has 30 heavy (non-hydrogen) atoms. The number of hydrogen-bond donors (Lipinski definition) is 1. The van der Waals surface area contributed by atoms with Crippen LogP contribution in [0.15, 0.2) is 45.5 Å². The molecule has 0 amide bonds. The van der Waals surface area contributed by atoms with Crippen molar-refractivity contribution in [2.24, 2.45) is 0 Å². The number of aryl methyl sites for hydroxylation is 2. The molecule has 0 radical (unpaired) electrons. The average molecular weight is 499 g/mol. The van der Waals surface area contributed by atoms with E-state index in [-0.39, 0.29) is 15.6 Å². The van der Waals surface area contributed by atoms with Crippen LogP contribution in [0.5, 0.6) is 11.5 Å². The molecule has 0 aliphatic carbocycles. The summed E-state index contributed by atoms with van der Waals surface area (Å²) in [4.78, 5) is 5.03. The maximum absolute atomic E-state index is 5.98. The lowest BCUT2D eigenvalue weighted by Gasteiger charge is -2.15. The molecule has 0 unspecified atom stereocenters. The number of hydrogen-bond acceptors (Lipinski definition) is 5. The van der Waals surface area contributed by atoms with Crippen LogP contribution in [0.3, 0.4) is 0 Å². The van der Waals surface area contributed by atoms with Gasteiger partial charge in [-0.3, -0.25) is 10.3 Å². The highest BCUT2D eigenvalue weighted by atomic mass is 35.5. The van der Waals surface area contributed by atoms with E-state index in [1.165, 1.54) is 6.08 Å². The molecular formula is C21H27Cl4NO4. The van der Waals surface area contributed by atoms with Crippen molar-refractivity contribution in [1.29, 1.82) is 0 Å². The molecule has 1 N–H and O–H groups in total. The summed E-state index contributed by atoms with van der Waals surface area (Å²) in [6, 6.07) is 3.92. The van der Waals surface area contributed by atoms with E-state index in [0.717, 1.165) is 35.5 Å². The molecule has 0 bridgehead atoms. The van der Waals surface area contributed by atoms with Crippen molar-refractivity contribution in [1.82, 2.24) is 5.48 Å². The van der Waals surface area contributed by atoms with E-state index in [1.54, 1.807) is 18.4 Å². The minimum atomic E-state index is 0.168. The third kappa shape index (κ3) is 12.6. The summed E-state index contributed by atoms with van der Waals surface area (Å²) < 4.78 is 17.5. The molecule has 1 aromatic carbocycles. The summed E-state index contributed by atoms with van der Waals surface area (Å²) in [7, 11) is 0. The fourth-order valence-electron chi connectivity index (χ4n) is 2.35. The monoisotopic (exact) mass is 497 g/mol. The van der Waals surface area contributed by atoms with Gasteiger partial charge in [0.2, 0.25) is 0 Å². The van der Waals surface area contributed by atoms with Crippen molar-refractivity contribution < 1.29 is 19.0 Å². The Hall–Kier alpha value is -1.08. The van der Waals surface area contributed by atoms with Crippen LogP contribution < -0.4 is 15.0 Å². The van der Waals surface area contributed by atoms with Gasteiger partial charge in [0.1, 0.15) is 27.1 Å². The topological polar surface area (TPSA) is 49.0 Å². The Morgan fingerprint density at radius 1 is 0.967 bits per heavy atom. The van der Waals surface area contributed by atoms with Crippen LogP contribution in [0.2, 0.25) is 0 Å². The van der Waals surface area contributed by atoms with E-state index in [2.05, 4.69) is 12.4 Å². The van der Waals surface area contributed by atoms with Gasteiger partial charge in [0.25, 0.3) is 0 Å². The van der Waals surface area contributed by atoms with Crippen LogP contribution in [0, 0.1) is 6.92 Å². The van der Waals surface area contributed by atoms with Gasteiger partial charge in [-0.1, -0.05) is 53.3 Å². The maximum atomic E-state index is 5.98. The zero-order valence-electron chi connectivity index (χ0n) is 17.1. The van der Waals surface area contributed by atoms with Crippen LogP contribution in [-0.4, -0.2) is 33.0 Å². The van der Waals surface area contributed by atoms with Crippen molar-refractivity contribution in [2.75, 3.05) is 33.0 Å². The summed E-state index contributed by atoms with van der Waals surface area (Å²) in [6.07, 6.45) is 8.18. The predicted molar refractivity (Wildman–Crippen MR) is 125 cm³/mol. The lowest BCUT2D eigenvalue weighted by molar-refractivity contribution is 0.0936. The first-order valence-corrected chi connectivity index (χ1v) is 11.0. The van der Waals surface area contributed by atoms with Crippen LogP contribution in [0.25, 0.3) is 0 Å². The van der Waals surface area contributed by atoms with Crippen molar-refractivity contribution in [3.63, 3.8) is 0 Å². The number of halogens is 4. The van der Waals surface area contributed by atoms with Crippen molar-refractivity contribution in [3.8, 4) is 11.5 Å². The van der Waals surface area contributed by atoms with E-state index in [0.29, 0.717) is 26.4 Å². The third-order valence-electron chi connectivity index (χ3n) is 3.68. The fraction of sp³-hybridized carbons (Fsp3) is 0.429. The fourth-order valence-corrected chi connectivity index (χ4v) is 2.60. The summed E-state index contributed by atoms with van der Waals surface area (Å²) >= 11 is 22.1. The summed E-state index contributed by atoms with van der Waals surface area (Å²) in [5, 5.41) is 0. The average Bonchev–Trinajstić information content (AvgIpc) is 2.69. The smallest absolute Gasteiger partial charge is 0.125 e. The van der Waals surface area contributed by atoms with Crippen LogP contribution in [-0.2, 0) is 16.0 Å². The highest BCUT2D eigenvalue weighted by Gasteiger charge is 2.09. The van der Waals surface area contributed by atoms with E-state index >= 15 is 0 Å². The molecule has 0 saturated heterocycles. The Balaban J connectivity index is 2.29. The Bertz CT molecular complexity index is 715. The summed E-state index contributed by atoms with van der Waals surface area (Å²) in [5.74, 6) is 1.65. The third-order valence-corrected chi connectivity index (χ3v) is 4.29. The van der Waals surface area contributed by atoms with Gasteiger partial charge in [0.15, 0.2) is 0 Å². The molecule has 1 aromatic rings. The van der Waals surface area contributed by atoms with Gasteiger partial charge in [-0.05, 0) is 54.8 Å². The van der Waals surface area contributed by atoms with Crippen LogP contribution >= 0.6 is 46.4 Å². The second kappa shape index (κ2) is 16.6. The lowest BCUT2D eigenvalue weighted by Crippen LogP contribution is -2.08. The second-order valence-corrected chi connectivity index (χ2v) is 8.00. The minimum absolute atomic E-state index is 0.168. The van der Waals surface area contributed by atoms with E-state index in [9.17, 15) is 0 Å². The lowest BCUT2D eigenvalue weighted by atomic mass is 10.1. The van der Waals surface area contributed by atoms with Crippen molar-refractivity contribution >= 4 is 46.4 Å². The first kappa shape index (κ1) is 27.0. The Labute approximate surface area is 198 Å². The molecule has 0 aliphatic rings. The normalized spacial score (nSPS) is 10.7. The number of ether oxygens (including phenoxy) is 3. The Kier molecular flexibility index (Phi) is 14.9. The van der Waals surface area contributed by atoms with Gasteiger partial charge in [0, 0.05) is 12.6 Å². The molecule has 0 saturated carbocycles. The van der Waals surface area contributed by atoms with Gasteiger partial charge in [0.05, 0.1) is 26.4 Å². The van der Waals surface area contributed by atoms with E-state index in [4.69, 9.17) is 65.5 Å². The molecule has 1 rings (SSSR count). The molecule has 0 fully saturated rings. The maximum Gasteiger partial charge on any atom is 0.125 e. The molecule has 0 aromatic heterocycles. The highest BCUT2D eigenvalue weighted by molar-refractivity contribution is 6.56. The van der Waals surface area contributed by atoms with Crippen molar-refractivity contribution in [3.05, 3.63) is 56.7 Å². The quantitative estimate of drug-likeness (QED) is 0.224. The van der Waals surface area contributed by atoms with Gasteiger partial charge < -0.3 is 14.2 Å². The zero-order valence-corrected chi connectivity index (χ0v) is 20.1. The molecule has 168 valence electrons. The first-order valence-electron chi connectivity index (χ1n) is 9.45. The Morgan fingerprint density at radius 3 is 2.40 bits per heavy atom. The van der Waals surface area contributed by atoms with E-state index in [1.807, 2.05) is 19.1 Å². The van der Waals surface area contributed by atoms with Gasteiger partial charge >= 0.3 is 0 Å². The van der Waals surface area contributed by atoms with Crippen LogP contribution in [0.4, 0.5) is 0 Å². The molecule has 0 aliphatic heterocycles. The molecule has 0 atom stereocenters. The zero-order chi connectivity index (χ0) is 22.2. The second-order valence-electron chi connectivity index (χ2n) is 5.99. The standard InChI is InChI=1S/C21H27Cl4NO4/c1-3-17-15-18(28-12-6-19(22)23)14-16(2)21(17)29-11-5-10-27-9-4-8-26-30-13-7-20(24)25/h4,6-8,14-15,26H,3,5,9-13H2,1-2H3. The van der Waals surface area contributed by atoms with Gasteiger partial charge in [-0.15, -0.1) is 0 Å². The minimum Gasteiger partial charge on any atom is -0.493 e. The highest BCUT2D eigenvalue weighted by Crippen LogP contribution is 2.30. The number of benzene rings is 1. The predicted octanol–water partition coefficient (Wildman–Crippen LogP) is 6.39. The number of rotatable bonds is 15. The number of hydroxylamine groups is 1. The Morgan fingerprint density at radius 2 is 1.70 bits per heavy atom. The van der Waals surface area contributed by atoms with E-state index < -0.39 is 0 Å². The SMILES string of the molecule is CCc1cc(OCC=C(Cl)Cl)cc(C)c1OCCCOCC=CNOCC=C(Cl)Cl. The molecule has 9 heteroatoms. The number of nitrogens with one attached hydrogen (secondary N) is 1. The van der Waals surface area contributed by atoms with Gasteiger partial charge in [-0.25, -0.2) is 0 Å². The molecule has 0 heterocycles. The largest absolute Gasteiger partial charge is 0.493 e. The van der Waals surface area contributed by atoms with Crippen LogP contribution in [0.1, 0.15) is 24.5 Å². The summed E-state index contributed by atoms with van der Waals surface area (Å²) in [6.45, 7) is 6.29. The summed E-state index contributed by atoms with van der Waals surface area (Å²) in [5.41, 5.74) is 4.74. The first-order chi connectivity index (χ1) is 14.4.